The summed E-state index contributed by atoms with van der Waals surface area (Å²) < 4.78 is 10.6. The zero-order valence-electron chi connectivity index (χ0n) is 27.2. The zero-order valence-corrected chi connectivity index (χ0v) is 27.2. The van der Waals surface area contributed by atoms with E-state index in [9.17, 15) is 14.7 Å². The van der Waals surface area contributed by atoms with Gasteiger partial charge in [0.1, 0.15) is 6.61 Å². The lowest BCUT2D eigenvalue weighted by Crippen LogP contribution is -2.28. The van der Waals surface area contributed by atoms with Crippen molar-refractivity contribution >= 4 is 11.9 Å². The van der Waals surface area contributed by atoms with Gasteiger partial charge in [-0.05, 0) is 24.7 Å². The Hall–Kier alpha value is -1.10. The number of unbranched alkanes of at least 4 members (excludes halogenated alkanes) is 17. The Balaban J connectivity index is 3.56. The largest absolute Gasteiger partial charge is 0.462 e. The van der Waals surface area contributed by atoms with Gasteiger partial charge in [-0.2, -0.15) is 0 Å². The quantitative estimate of drug-likeness (QED) is 0.0689. The van der Waals surface area contributed by atoms with Crippen molar-refractivity contribution < 1.29 is 24.2 Å². The fourth-order valence-electron chi connectivity index (χ4n) is 5.07. The van der Waals surface area contributed by atoms with Gasteiger partial charge in [0.2, 0.25) is 0 Å². The minimum absolute atomic E-state index is 0.0601. The molecule has 40 heavy (non-hydrogen) atoms. The molecule has 238 valence electrons. The van der Waals surface area contributed by atoms with Crippen molar-refractivity contribution in [2.75, 3.05) is 13.2 Å². The first-order valence-electron chi connectivity index (χ1n) is 17.3. The minimum Gasteiger partial charge on any atom is -0.462 e. The maximum absolute atomic E-state index is 12.1. The lowest BCUT2D eigenvalue weighted by atomic mass is 9.99. The van der Waals surface area contributed by atoms with Gasteiger partial charge in [-0.1, -0.05) is 156 Å². The van der Waals surface area contributed by atoms with Gasteiger partial charge in [0.15, 0.2) is 6.10 Å². The summed E-state index contributed by atoms with van der Waals surface area (Å²) >= 11 is 0. The van der Waals surface area contributed by atoms with Crippen molar-refractivity contribution in [3.8, 4) is 0 Å². The highest BCUT2D eigenvalue weighted by Crippen LogP contribution is 2.16. The molecule has 0 bridgehead atoms. The topological polar surface area (TPSA) is 72.8 Å². The fourth-order valence-corrected chi connectivity index (χ4v) is 5.07. The second-order valence-electron chi connectivity index (χ2n) is 12.7. The smallest absolute Gasteiger partial charge is 0.306 e. The molecule has 1 N–H and O–H groups in total. The van der Waals surface area contributed by atoms with E-state index in [0.29, 0.717) is 12.8 Å². The molecule has 0 spiro atoms. The highest BCUT2D eigenvalue weighted by molar-refractivity contribution is 5.70. The highest BCUT2D eigenvalue weighted by atomic mass is 16.6. The Morgan fingerprint density at radius 1 is 0.575 bits per heavy atom. The summed E-state index contributed by atoms with van der Waals surface area (Å²) in [4.78, 5) is 24.1. The van der Waals surface area contributed by atoms with Gasteiger partial charge < -0.3 is 14.6 Å². The summed E-state index contributed by atoms with van der Waals surface area (Å²) in [5.41, 5.74) is 0. The number of rotatable bonds is 30. The van der Waals surface area contributed by atoms with E-state index in [0.717, 1.165) is 50.4 Å². The van der Waals surface area contributed by atoms with Gasteiger partial charge in [-0.15, -0.1) is 0 Å². The number of ether oxygens (including phenoxy) is 2. The number of hydrogen-bond acceptors (Lipinski definition) is 5. The van der Waals surface area contributed by atoms with Crippen LogP contribution in [0.5, 0.6) is 0 Å². The van der Waals surface area contributed by atoms with Crippen LogP contribution in [0.1, 0.15) is 182 Å². The van der Waals surface area contributed by atoms with Crippen molar-refractivity contribution in [2.24, 2.45) is 11.8 Å². The number of aliphatic hydroxyl groups excluding tert-OH is 1. The van der Waals surface area contributed by atoms with Crippen LogP contribution in [0.3, 0.4) is 0 Å². The minimum atomic E-state index is -0.762. The molecule has 1 unspecified atom stereocenters. The maximum Gasteiger partial charge on any atom is 0.306 e. The summed E-state index contributed by atoms with van der Waals surface area (Å²) in [6.45, 7) is 8.82. The van der Waals surface area contributed by atoms with E-state index in [-0.39, 0.29) is 25.2 Å². The van der Waals surface area contributed by atoms with E-state index in [4.69, 9.17) is 9.47 Å². The molecule has 0 aliphatic rings. The molecule has 0 heterocycles. The van der Waals surface area contributed by atoms with Crippen LogP contribution in [0.15, 0.2) is 0 Å². The molecule has 0 amide bonds. The third-order valence-corrected chi connectivity index (χ3v) is 8.12. The Morgan fingerprint density at radius 2 is 0.975 bits per heavy atom. The summed E-state index contributed by atoms with van der Waals surface area (Å²) in [6.07, 6.45) is 27.2. The van der Waals surface area contributed by atoms with Gasteiger partial charge in [-0.25, -0.2) is 0 Å². The molecule has 0 rings (SSSR count). The van der Waals surface area contributed by atoms with E-state index in [1.165, 1.54) is 103 Å². The molecule has 0 fully saturated rings. The number of aliphatic hydroxyl groups is 1. The summed E-state index contributed by atoms with van der Waals surface area (Å²) in [5, 5.41) is 9.50. The highest BCUT2D eigenvalue weighted by Gasteiger charge is 2.16. The average molecular weight is 569 g/mol. The SMILES string of the molecule is CCC(C)CCCCCCCCCCC(=O)OC[C@H](CO)OC(=O)CCCCCCCCCCCCCC(C)C. The van der Waals surface area contributed by atoms with E-state index >= 15 is 0 Å². The van der Waals surface area contributed by atoms with Gasteiger partial charge in [-0.3, -0.25) is 9.59 Å². The molecule has 0 saturated carbocycles. The van der Waals surface area contributed by atoms with Gasteiger partial charge in [0.05, 0.1) is 6.61 Å². The van der Waals surface area contributed by atoms with Crippen LogP contribution in [0, 0.1) is 11.8 Å². The monoisotopic (exact) mass is 569 g/mol. The Bertz CT molecular complexity index is 562. The van der Waals surface area contributed by atoms with E-state index < -0.39 is 6.10 Å². The van der Waals surface area contributed by atoms with E-state index in [2.05, 4.69) is 27.7 Å². The average Bonchev–Trinajstić information content (AvgIpc) is 2.94. The van der Waals surface area contributed by atoms with Crippen molar-refractivity contribution in [3.05, 3.63) is 0 Å². The molecule has 0 aliphatic carbocycles. The molecule has 0 aliphatic heterocycles. The standard InChI is InChI=1S/C35H68O5/c1-5-32(4)26-22-18-14-11-12-15-19-23-27-34(37)39-30-33(29-36)40-35(38)28-24-20-16-10-8-6-7-9-13-17-21-25-31(2)3/h31-33,36H,5-30H2,1-4H3/t32?,33-/m0/s1. The molecule has 5 nitrogen and oxygen atoms in total. The molecule has 0 radical (unpaired) electrons. The molecule has 0 aromatic carbocycles. The molecule has 0 saturated heterocycles. The number of esters is 2. The van der Waals surface area contributed by atoms with E-state index in [1.54, 1.807) is 0 Å². The Labute approximate surface area is 248 Å². The first kappa shape index (κ1) is 38.9. The lowest BCUT2D eigenvalue weighted by molar-refractivity contribution is -0.161. The van der Waals surface area contributed by atoms with Crippen molar-refractivity contribution in [1.29, 1.82) is 0 Å². The van der Waals surface area contributed by atoms with Crippen LogP contribution in [0.4, 0.5) is 0 Å². The van der Waals surface area contributed by atoms with Gasteiger partial charge >= 0.3 is 11.9 Å². The van der Waals surface area contributed by atoms with Crippen LogP contribution < -0.4 is 0 Å². The summed E-state index contributed by atoms with van der Waals surface area (Å²) in [7, 11) is 0. The predicted octanol–water partition coefficient (Wildman–Crippen LogP) is 10.1. The van der Waals surface area contributed by atoms with Crippen LogP contribution >= 0.6 is 0 Å². The molecular weight excluding hydrogens is 500 g/mol. The van der Waals surface area contributed by atoms with Crippen molar-refractivity contribution in [2.45, 2.75) is 188 Å². The summed E-state index contributed by atoms with van der Waals surface area (Å²) in [6, 6.07) is 0. The van der Waals surface area contributed by atoms with Crippen LogP contribution in [-0.4, -0.2) is 36.4 Å². The van der Waals surface area contributed by atoms with Crippen LogP contribution in [-0.2, 0) is 19.1 Å². The molecule has 2 atom stereocenters. The van der Waals surface area contributed by atoms with Crippen LogP contribution in [0.25, 0.3) is 0 Å². The second-order valence-corrected chi connectivity index (χ2v) is 12.7. The van der Waals surface area contributed by atoms with Crippen LogP contribution in [0.2, 0.25) is 0 Å². The van der Waals surface area contributed by atoms with E-state index in [1.807, 2.05) is 0 Å². The van der Waals surface area contributed by atoms with Gasteiger partial charge in [0.25, 0.3) is 0 Å². The molecular formula is C35H68O5. The second kappa shape index (κ2) is 29.4. The van der Waals surface area contributed by atoms with Crippen molar-refractivity contribution in [1.82, 2.24) is 0 Å². The lowest BCUT2D eigenvalue weighted by Gasteiger charge is -2.15. The van der Waals surface area contributed by atoms with Gasteiger partial charge in [0, 0.05) is 12.8 Å². The summed E-state index contributed by atoms with van der Waals surface area (Å²) in [5.74, 6) is 1.11. The molecule has 5 heteroatoms. The zero-order chi connectivity index (χ0) is 29.7. The first-order chi connectivity index (χ1) is 19.4. The predicted molar refractivity (Wildman–Crippen MR) is 168 cm³/mol. The third kappa shape index (κ3) is 28.4. The Kier molecular flexibility index (Phi) is 28.6. The Morgan fingerprint density at radius 3 is 1.40 bits per heavy atom. The third-order valence-electron chi connectivity index (χ3n) is 8.12. The normalized spacial score (nSPS) is 12.9. The molecule has 0 aromatic heterocycles. The van der Waals surface area contributed by atoms with Crippen molar-refractivity contribution in [3.63, 3.8) is 0 Å². The maximum atomic E-state index is 12.1. The number of carbonyl (C=O) groups excluding carboxylic acids is 2. The number of carbonyl (C=O) groups is 2. The number of hydrogen-bond donors (Lipinski definition) is 1. The first-order valence-corrected chi connectivity index (χ1v) is 17.3. The molecule has 0 aromatic rings. The fraction of sp³-hybridized carbons (Fsp3) is 0.943.